The van der Waals surface area contributed by atoms with Gasteiger partial charge in [-0.2, -0.15) is 0 Å². The first kappa shape index (κ1) is 19.3. The molecule has 26 heavy (non-hydrogen) atoms. The predicted molar refractivity (Wildman–Crippen MR) is 110 cm³/mol. The lowest BCUT2D eigenvalue weighted by molar-refractivity contribution is -0.207. The van der Waals surface area contributed by atoms with Crippen molar-refractivity contribution in [1.29, 1.82) is 0 Å². The van der Waals surface area contributed by atoms with E-state index in [0.717, 1.165) is 17.8 Å². The second kappa shape index (κ2) is 5.52. The standard InChI is InChI=1S/C25H44O/c1-21(2)13-8-14-23(5)19(21)12-16-25(7)20(23)10-9-18-17(22(3,4)26)11-15-24(18,25)6/h17-20,26H,8-16H2,1-7H3/t17-,18-,19+,20-,23+,24-,25-/m1/s1. The molecule has 0 aromatic rings. The lowest BCUT2D eigenvalue weighted by atomic mass is 9.35. The zero-order valence-corrected chi connectivity index (χ0v) is 18.6. The third kappa shape index (κ3) is 2.31. The second-order valence-corrected chi connectivity index (χ2v) is 12.8. The van der Waals surface area contributed by atoms with Crippen molar-refractivity contribution in [3.8, 4) is 0 Å². The van der Waals surface area contributed by atoms with E-state index in [2.05, 4.69) is 48.5 Å². The summed E-state index contributed by atoms with van der Waals surface area (Å²) in [4.78, 5) is 0. The van der Waals surface area contributed by atoms with E-state index in [1.165, 1.54) is 57.8 Å². The average Bonchev–Trinajstić information content (AvgIpc) is 2.85. The fraction of sp³-hybridized carbons (Fsp3) is 1.00. The number of aliphatic hydroxyl groups is 1. The van der Waals surface area contributed by atoms with Gasteiger partial charge >= 0.3 is 0 Å². The zero-order valence-electron chi connectivity index (χ0n) is 18.6. The Morgan fingerprint density at radius 3 is 2.04 bits per heavy atom. The third-order valence-corrected chi connectivity index (χ3v) is 11.1. The first-order chi connectivity index (χ1) is 11.9. The van der Waals surface area contributed by atoms with Crippen molar-refractivity contribution in [1.82, 2.24) is 0 Å². The van der Waals surface area contributed by atoms with Gasteiger partial charge in [0.05, 0.1) is 5.60 Å². The summed E-state index contributed by atoms with van der Waals surface area (Å²) in [5, 5.41) is 10.9. The fourth-order valence-electron chi connectivity index (χ4n) is 9.69. The maximum atomic E-state index is 10.9. The molecule has 0 aliphatic heterocycles. The van der Waals surface area contributed by atoms with Gasteiger partial charge in [0, 0.05) is 0 Å². The molecule has 0 saturated heterocycles. The van der Waals surface area contributed by atoms with Gasteiger partial charge in [0.25, 0.3) is 0 Å². The van der Waals surface area contributed by atoms with Gasteiger partial charge in [0.2, 0.25) is 0 Å². The van der Waals surface area contributed by atoms with Gasteiger partial charge in [-0.25, -0.2) is 0 Å². The summed E-state index contributed by atoms with van der Waals surface area (Å²) >= 11 is 0. The van der Waals surface area contributed by atoms with E-state index in [1.807, 2.05) is 0 Å². The van der Waals surface area contributed by atoms with Crippen LogP contribution in [0.15, 0.2) is 0 Å². The molecule has 7 atom stereocenters. The molecule has 4 rings (SSSR count). The summed E-state index contributed by atoms with van der Waals surface area (Å²) in [6.07, 6.45) is 12.5. The van der Waals surface area contributed by atoms with Crippen LogP contribution in [0.1, 0.15) is 106 Å². The highest BCUT2D eigenvalue weighted by Crippen LogP contribution is 2.75. The normalized spacial score (nSPS) is 53.5. The van der Waals surface area contributed by atoms with E-state index in [4.69, 9.17) is 0 Å². The Bertz CT molecular complexity index is 571. The van der Waals surface area contributed by atoms with Crippen molar-refractivity contribution in [3.63, 3.8) is 0 Å². The molecule has 4 fully saturated rings. The van der Waals surface area contributed by atoms with Crippen LogP contribution in [-0.4, -0.2) is 10.7 Å². The van der Waals surface area contributed by atoms with Gasteiger partial charge in [-0.3, -0.25) is 0 Å². The van der Waals surface area contributed by atoms with Crippen molar-refractivity contribution in [2.24, 2.45) is 45.3 Å². The smallest absolute Gasteiger partial charge is 0.0622 e. The van der Waals surface area contributed by atoms with E-state index < -0.39 is 5.60 Å². The summed E-state index contributed by atoms with van der Waals surface area (Å²) in [7, 11) is 0. The van der Waals surface area contributed by atoms with Crippen molar-refractivity contribution >= 4 is 0 Å². The summed E-state index contributed by atoms with van der Waals surface area (Å²) in [6.45, 7) is 17.3. The van der Waals surface area contributed by atoms with Crippen LogP contribution >= 0.6 is 0 Å². The molecule has 1 N–H and O–H groups in total. The number of rotatable bonds is 1. The molecule has 0 unspecified atom stereocenters. The SMILES string of the molecule is CC(C)(O)[C@@H]1CC[C@]2(C)[C@@H]1CC[C@@H]1[C@@]3(C)CCCC(C)(C)[C@@H]3CC[C@]12C. The molecular formula is C25H44O. The van der Waals surface area contributed by atoms with E-state index >= 15 is 0 Å². The molecule has 0 heterocycles. The molecular weight excluding hydrogens is 316 g/mol. The molecule has 4 aliphatic carbocycles. The highest BCUT2D eigenvalue weighted by molar-refractivity contribution is 5.17. The van der Waals surface area contributed by atoms with Crippen LogP contribution in [0.4, 0.5) is 0 Å². The summed E-state index contributed by atoms with van der Waals surface area (Å²) < 4.78 is 0. The van der Waals surface area contributed by atoms with E-state index in [-0.39, 0.29) is 0 Å². The molecule has 1 heteroatoms. The topological polar surface area (TPSA) is 20.2 Å². The van der Waals surface area contributed by atoms with Crippen molar-refractivity contribution in [2.75, 3.05) is 0 Å². The van der Waals surface area contributed by atoms with Crippen molar-refractivity contribution < 1.29 is 5.11 Å². The van der Waals surface area contributed by atoms with Crippen LogP contribution in [0.25, 0.3) is 0 Å². The molecule has 0 spiro atoms. The van der Waals surface area contributed by atoms with Gasteiger partial charge in [0.15, 0.2) is 0 Å². The minimum absolute atomic E-state index is 0.427. The van der Waals surface area contributed by atoms with E-state index in [9.17, 15) is 5.11 Å². The first-order valence-corrected chi connectivity index (χ1v) is 11.6. The maximum absolute atomic E-state index is 10.9. The lowest BCUT2D eigenvalue weighted by Crippen LogP contribution is -2.62. The Morgan fingerprint density at radius 2 is 1.38 bits per heavy atom. The Morgan fingerprint density at radius 1 is 0.731 bits per heavy atom. The Labute approximate surface area is 162 Å². The van der Waals surface area contributed by atoms with E-state index in [0.29, 0.717) is 27.6 Å². The Hall–Kier alpha value is -0.0400. The molecule has 0 aromatic carbocycles. The number of hydrogen-bond acceptors (Lipinski definition) is 1. The average molecular weight is 361 g/mol. The zero-order chi connectivity index (χ0) is 19.2. The molecule has 150 valence electrons. The molecule has 0 radical (unpaired) electrons. The molecule has 0 amide bonds. The van der Waals surface area contributed by atoms with Crippen LogP contribution in [-0.2, 0) is 0 Å². The monoisotopic (exact) mass is 360 g/mol. The van der Waals surface area contributed by atoms with Crippen molar-refractivity contribution in [3.05, 3.63) is 0 Å². The van der Waals surface area contributed by atoms with Crippen LogP contribution in [0.2, 0.25) is 0 Å². The lowest BCUT2D eigenvalue weighted by Gasteiger charge is -2.69. The Kier molecular flexibility index (Phi) is 4.09. The summed E-state index contributed by atoms with van der Waals surface area (Å²) in [5.41, 5.74) is 1.44. The maximum Gasteiger partial charge on any atom is 0.0622 e. The van der Waals surface area contributed by atoms with Crippen molar-refractivity contribution in [2.45, 2.75) is 112 Å². The fourth-order valence-corrected chi connectivity index (χ4v) is 9.69. The first-order valence-electron chi connectivity index (χ1n) is 11.6. The second-order valence-electron chi connectivity index (χ2n) is 12.8. The van der Waals surface area contributed by atoms with Crippen LogP contribution in [0, 0.1) is 45.3 Å². The predicted octanol–water partition coefficient (Wildman–Crippen LogP) is 6.83. The van der Waals surface area contributed by atoms with Crippen LogP contribution < -0.4 is 0 Å². The molecule has 0 bridgehead atoms. The summed E-state index contributed by atoms with van der Waals surface area (Å²) in [5.74, 6) is 3.02. The largest absolute Gasteiger partial charge is 0.390 e. The molecule has 4 saturated carbocycles. The minimum atomic E-state index is -0.514. The quantitative estimate of drug-likeness (QED) is 0.543. The van der Waals surface area contributed by atoms with Gasteiger partial charge < -0.3 is 5.11 Å². The highest BCUT2D eigenvalue weighted by atomic mass is 16.3. The van der Waals surface area contributed by atoms with Crippen LogP contribution in [0.5, 0.6) is 0 Å². The highest BCUT2D eigenvalue weighted by Gasteiger charge is 2.68. The van der Waals surface area contributed by atoms with Gasteiger partial charge in [-0.05, 0) is 111 Å². The van der Waals surface area contributed by atoms with Gasteiger partial charge in [-0.1, -0.05) is 41.0 Å². The van der Waals surface area contributed by atoms with Crippen LogP contribution in [0.3, 0.4) is 0 Å². The minimum Gasteiger partial charge on any atom is -0.390 e. The number of fused-ring (bicyclic) bond motifs is 5. The summed E-state index contributed by atoms with van der Waals surface area (Å²) in [6, 6.07) is 0. The molecule has 0 aromatic heterocycles. The Balaban J connectivity index is 1.72. The molecule has 1 nitrogen and oxygen atoms in total. The third-order valence-electron chi connectivity index (χ3n) is 11.1. The van der Waals surface area contributed by atoms with Gasteiger partial charge in [0.1, 0.15) is 0 Å². The van der Waals surface area contributed by atoms with Gasteiger partial charge in [-0.15, -0.1) is 0 Å². The van der Waals surface area contributed by atoms with E-state index in [1.54, 1.807) is 0 Å². The number of hydrogen-bond donors (Lipinski definition) is 1. The molecule has 4 aliphatic rings.